The normalized spacial score (nSPS) is 20.4. The lowest BCUT2D eigenvalue weighted by Crippen LogP contribution is -2.15. The third-order valence-corrected chi connectivity index (χ3v) is 3.76. The summed E-state index contributed by atoms with van der Waals surface area (Å²) < 4.78 is 10.8. The van der Waals surface area contributed by atoms with Gasteiger partial charge in [-0.25, -0.2) is 0 Å². The number of aromatic nitrogens is 2. The second-order valence-corrected chi connectivity index (χ2v) is 5.69. The minimum atomic E-state index is 0.271. The first-order valence-electron chi connectivity index (χ1n) is 7.33. The minimum absolute atomic E-state index is 0.271. The van der Waals surface area contributed by atoms with Gasteiger partial charge in [0.1, 0.15) is 0 Å². The van der Waals surface area contributed by atoms with E-state index in [9.17, 15) is 0 Å². The van der Waals surface area contributed by atoms with Gasteiger partial charge in [-0.15, -0.1) is 0 Å². The van der Waals surface area contributed by atoms with E-state index in [1.165, 1.54) is 0 Å². The number of nitrogens with two attached hydrogens (primary N) is 1. The van der Waals surface area contributed by atoms with Gasteiger partial charge < -0.3 is 15.0 Å². The maximum Gasteiger partial charge on any atom is 0.229 e. The lowest BCUT2D eigenvalue weighted by Gasteiger charge is -2.18. The summed E-state index contributed by atoms with van der Waals surface area (Å²) in [6.45, 7) is 5.79. The number of hydrogen-bond acceptors (Lipinski definition) is 5. The van der Waals surface area contributed by atoms with Gasteiger partial charge in [0, 0.05) is 31.1 Å². The van der Waals surface area contributed by atoms with Crippen molar-refractivity contribution in [2.45, 2.75) is 63.8 Å². The first kappa shape index (κ1) is 14.5. The Morgan fingerprint density at radius 2 is 2.00 bits per heavy atom. The topological polar surface area (TPSA) is 74.2 Å². The average Bonchev–Trinajstić information content (AvgIpc) is 2.89. The number of rotatable bonds is 6. The summed E-state index contributed by atoms with van der Waals surface area (Å²) in [7, 11) is 0. The van der Waals surface area contributed by atoms with Crippen LogP contribution in [0, 0.1) is 0 Å². The summed E-state index contributed by atoms with van der Waals surface area (Å²) in [5.41, 5.74) is 5.76. The molecule has 0 saturated carbocycles. The van der Waals surface area contributed by atoms with E-state index in [1.807, 2.05) is 6.92 Å². The molecule has 108 valence electrons. The van der Waals surface area contributed by atoms with Crippen LogP contribution < -0.4 is 5.73 Å². The van der Waals surface area contributed by atoms with Crippen LogP contribution >= 0.6 is 0 Å². The van der Waals surface area contributed by atoms with Crippen LogP contribution in [0.3, 0.4) is 0 Å². The molecule has 2 unspecified atom stereocenters. The monoisotopic (exact) mass is 267 g/mol. The number of ether oxygens (including phenoxy) is 1. The van der Waals surface area contributed by atoms with Gasteiger partial charge in [-0.2, -0.15) is 4.98 Å². The van der Waals surface area contributed by atoms with Crippen LogP contribution in [0.4, 0.5) is 0 Å². The Balaban J connectivity index is 1.85. The molecular weight excluding hydrogens is 242 g/mol. The molecule has 0 amide bonds. The third-order valence-electron chi connectivity index (χ3n) is 3.76. The largest absolute Gasteiger partial charge is 0.381 e. The second kappa shape index (κ2) is 7.01. The van der Waals surface area contributed by atoms with Crippen LogP contribution in [-0.4, -0.2) is 29.4 Å². The van der Waals surface area contributed by atoms with E-state index in [0.29, 0.717) is 11.8 Å². The van der Waals surface area contributed by atoms with Crippen molar-refractivity contribution >= 4 is 0 Å². The molecule has 1 aliphatic heterocycles. The van der Waals surface area contributed by atoms with E-state index < -0.39 is 0 Å². The van der Waals surface area contributed by atoms with Gasteiger partial charge in [0.25, 0.3) is 0 Å². The Morgan fingerprint density at radius 1 is 1.26 bits per heavy atom. The van der Waals surface area contributed by atoms with Gasteiger partial charge in [-0.3, -0.25) is 0 Å². The molecule has 2 rings (SSSR count). The lowest BCUT2D eigenvalue weighted by molar-refractivity contribution is 0.0830. The highest BCUT2D eigenvalue weighted by Crippen LogP contribution is 2.27. The molecule has 1 aromatic heterocycles. The van der Waals surface area contributed by atoms with Gasteiger partial charge in [-0.05, 0) is 32.6 Å². The van der Waals surface area contributed by atoms with E-state index in [1.54, 1.807) is 0 Å². The molecule has 5 heteroatoms. The molecule has 0 spiro atoms. The van der Waals surface area contributed by atoms with Crippen LogP contribution in [0.15, 0.2) is 4.52 Å². The molecule has 5 nitrogen and oxygen atoms in total. The maximum absolute atomic E-state index is 5.76. The average molecular weight is 267 g/mol. The summed E-state index contributed by atoms with van der Waals surface area (Å²) >= 11 is 0. The van der Waals surface area contributed by atoms with Crippen molar-refractivity contribution < 1.29 is 9.26 Å². The fourth-order valence-corrected chi connectivity index (χ4v) is 2.44. The van der Waals surface area contributed by atoms with Crippen LogP contribution in [0.5, 0.6) is 0 Å². The van der Waals surface area contributed by atoms with E-state index in [4.69, 9.17) is 15.0 Å². The highest BCUT2D eigenvalue weighted by Gasteiger charge is 2.22. The lowest BCUT2D eigenvalue weighted by atomic mass is 9.99. The first-order valence-corrected chi connectivity index (χ1v) is 7.33. The van der Waals surface area contributed by atoms with E-state index in [2.05, 4.69) is 17.1 Å². The summed E-state index contributed by atoms with van der Waals surface area (Å²) in [5.74, 6) is 2.35. The molecule has 1 aromatic rings. The SMILES string of the molecule is CC(N)CCCC(C)c1nc(C2CCOCC2)no1. The Kier molecular flexibility index (Phi) is 5.34. The fraction of sp³-hybridized carbons (Fsp3) is 0.857. The van der Waals surface area contributed by atoms with Crippen molar-refractivity contribution in [3.63, 3.8) is 0 Å². The predicted molar refractivity (Wildman–Crippen MR) is 73.0 cm³/mol. The number of nitrogens with zero attached hydrogens (tertiary/aromatic N) is 2. The molecule has 1 saturated heterocycles. The zero-order chi connectivity index (χ0) is 13.7. The second-order valence-electron chi connectivity index (χ2n) is 5.69. The molecular formula is C14H25N3O2. The van der Waals surface area contributed by atoms with Gasteiger partial charge in [-0.1, -0.05) is 18.5 Å². The molecule has 0 radical (unpaired) electrons. The minimum Gasteiger partial charge on any atom is -0.381 e. The Bertz CT molecular complexity index is 373. The zero-order valence-electron chi connectivity index (χ0n) is 12.0. The van der Waals surface area contributed by atoms with E-state index >= 15 is 0 Å². The van der Waals surface area contributed by atoms with Gasteiger partial charge >= 0.3 is 0 Å². The van der Waals surface area contributed by atoms with Gasteiger partial charge in [0.2, 0.25) is 5.89 Å². The molecule has 0 aromatic carbocycles. The highest BCUT2D eigenvalue weighted by atomic mass is 16.5. The van der Waals surface area contributed by atoms with Crippen molar-refractivity contribution in [3.05, 3.63) is 11.7 Å². The molecule has 2 heterocycles. The summed E-state index contributed by atoms with van der Waals surface area (Å²) in [5, 5.41) is 4.14. The van der Waals surface area contributed by atoms with Crippen LogP contribution in [0.2, 0.25) is 0 Å². The van der Waals surface area contributed by atoms with Crippen molar-refractivity contribution in [2.75, 3.05) is 13.2 Å². The van der Waals surface area contributed by atoms with Crippen LogP contribution in [-0.2, 0) is 4.74 Å². The molecule has 1 fully saturated rings. The van der Waals surface area contributed by atoms with E-state index in [-0.39, 0.29) is 6.04 Å². The smallest absolute Gasteiger partial charge is 0.229 e. The zero-order valence-corrected chi connectivity index (χ0v) is 12.0. The Hall–Kier alpha value is -0.940. The summed E-state index contributed by atoms with van der Waals surface area (Å²) in [4.78, 5) is 4.57. The molecule has 2 N–H and O–H groups in total. The van der Waals surface area contributed by atoms with Crippen molar-refractivity contribution in [2.24, 2.45) is 5.73 Å². The number of hydrogen-bond donors (Lipinski definition) is 1. The van der Waals surface area contributed by atoms with Gasteiger partial charge in [0.05, 0.1) is 0 Å². The fourth-order valence-electron chi connectivity index (χ4n) is 2.44. The summed E-state index contributed by atoms with van der Waals surface area (Å²) in [6, 6.07) is 0.271. The van der Waals surface area contributed by atoms with Crippen LogP contribution in [0.1, 0.15) is 69.5 Å². The van der Waals surface area contributed by atoms with Gasteiger partial charge in [0.15, 0.2) is 5.82 Å². The van der Waals surface area contributed by atoms with Crippen molar-refractivity contribution in [1.29, 1.82) is 0 Å². The van der Waals surface area contributed by atoms with Crippen LogP contribution in [0.25, 0.3) is 0 Å². The maximum atomic E-state index is 5.76. The van der Waals surface area contributed by atoms with Crippen molar-refractivity contribution in [3.8, 4) is 0 Å². The Morgan fingerprint density at radius 3 is 2.68 bits per heavy atom. The first-order chi connectivity index (χ1) is 9.16. The molecule has 0 bridgehead atoms. The predicted octanol–water partition coefficient (Wildman–Crippen LogP) is 2.58. The van der Waals surface area contributed by atoms with Crippen molar-refractivity contribution in [1.82, 2.24) is 10.1 Å². The highest BCUT2D eigenvalue weighted by molar-refractivity contribution is 4.99. The molecule has 0 aliphatic carbocycles. The molecule has 1 aliphatic rings. The molecule has 19 heavy (non-hydrogen) atoms. The quantitative estimate of drug-likeness (QED) is 0.857. The molecule has 2 atom stereocenters. The third kappa shape index (κ3) is 4.28. The standard InChI is InChI=1S/C14H25N3O2/c1-10(4-3-5-11(2)15)14-16-13(17-19-14)12-6-8-18-9-7-12/h10-12H,3-9,15H2,1-2H3. The van der Waals surface area contributed by atoms with E-state index in [0.717, 1.165) is 57.0 Å². The summed E-state index contributed by atoms with van der Waals surface area (Å²) in [6.07, 6.45) is 5.20. The Labute approximate surface area is 114 Å².